The summed E-state index contributed by atoms with van der Waals surface area (Å²) < 4.78 is 5.76. The predicted octanol–water partition coefficient (Wildman–Crippen LogP) is 3.70. The molecule has 1 aromatic heterocycles. The monoisotopic (exact) mass is 272 g/mol. The molecule has 0 aliphatic carbocycles. The molecular formula is C17H24N2O. The molecule has 0 amide bonds. The Morgan fingerprint density at radius 3 is 2.80 bits per heavy atom. The smallest absolute Gasteiger partial charge is 0.0705 e. The lowest BCUT2D eigenvalue weighted by Crippen LogP contribution is -2.26. The first kappa shape index (κ1) is 14.9. The summed E-state index contributed by atoms with van der Waals surface area (Å²) in [7, 11) is 0. The largest absolute Gasteiger partial charge is 0.379 e. The normalized spacial score (nSPS) is 12.7. The molecule has 1 heterocycles. The number of hydrogen-bond acceptors (Lipinski definition) is 3. The molecule has 0 saturated heterocycles. The van der Waals surface area contributed by atoms with Gasteiger partial charge in [0.2, 0.25) is 0 Å². The molecule has 2 rings (SSSR count). The zero-order chi connectivity index (χ0) is 14.2. The van der Waals surface area contributed by atoms with E-state index in [1.54, 1.807) is 0 Å². The van der Waals surface area contributed by atoms with Gasteiger partial charge in [-0.1, -0.05) is 32.0 Å². The number of nitrogens with one attached hydrogen (secondary N) is 1. The van der Waals surface area contributed by atoms with Crippen molar-refractivity contribution in [3.8, 4) is 0 Å². The molecule has 3 nitrogen and oxygen atoms in total. The van der Waals surface area contributed by atoms with Gasteiger partial charge in [-0.2, -0.15) is 0 Å². The first-order chi connectivity index (χ1) is 9.86. The van der Waals surface area contributed by atoms with Crippen molar-refractivity contribution < 1.29 is 4.74 Å². The van der Waals surface area contributed by atoms with Gasteiger partial charge >= 0.3 is 0 Å². The summed E-state index contributed by atoms with van der Waals surface area (Å²) >= 11 is 0. The van der Waals surface area contributed by atoms with Crippen molar-refractivity contribution in [2.45, 2.75) is 32.7 Å². The van der Waals surface area contributed by atoms with Crippen LogP contribution in [0, 0.1) is 0 Å². The van der Waals surface area contributed by atoms with Gasteiger partial charge in [0.1, 0.15) is 0 Å². The minimum Gasteiger partial charge on any atom is -0.379 e. The van der Waals surface area contributed by atoms with Crippen LogP contribution in [-0.4, -0.2) is 24.7 Å². The summed E-state index contributed by atoms with van der Waals surface area (Å²) in [5.41, 5.74) is 2.32. The second-order valence-electron chi connectivity index (χ2n) is 5.00. The van der Waals surface area contributed by atoms with Crippen molar-refractivity contribution in [2.75, 3.05) is 19.8 Å². The Morgan fingerprint density at radius 2 is 2.00 bits per heavy atom. The first-order valence-corrected chi connectivity index (χ1v) is 7.51. The maximum atomic E-state index is 5.76. The van der Waals surface area contributed by atoms with E-state index in [0.717, 1.165) is 31.5 Å². The number of para-hydroxylation sites is 1. The van der Waals surface area contributed by atoms with Crippen LogP contribution in [0.1, 0.15) is 38.3 Å². The zero-order valence-electron chi connectivity index (χ0n) is 12.4. The van der Waals surface area contributed by atoms with E-state index in [1.807, 2.05) is 12.3 Å². The second-order valence-corrected chi connectivity index (χ2v) is 5.00. The van der Waals surface area contributed by atoms with Crippen molar-refractivity contribution >= 4 is 10.9 Å². The van der Waals surface area contributed by atoms with E-state index in [9.17, 15) is 0 Å². The Kier molecular flexibility index (Phi) is 5.96. The van der Waals surface area contributed by atoms with E-state index in [1.165, 1.54) is 10.9 Å². The van der Waals surface area contributed by atoms with Crippen molar-refractivity contribution in [3.05, 3.63) is 42.1 Å². The van der Waals surface area contributed by atoms with E-state index in [-0.39, 0.29) is 6.04 Å². The van der Waals surface area contributed by atoms with Gasteiger partial charge in [-0.05, 0) is 37.1 Å². The number of rotatable bonds is 8. The fourth-order valence-electron chi connectivity index (χ4n) is 2.34. The third-order valence-electron chi connectivity index (χ3n) is 3.33. The molecule has 0 radical (unpaired) electrons. The maximum absolute atomic E-state index is 5.76. The highest BCUT2D eigenvalue weighted by molar-refractivity contribution is 5.82. The van der Waals surface area contributed by atoms with E-state index in [2.05, 4.69) is 48.4 Å². The number of hydrogen-bond donors (Lipinski definition) is 1. The van der Waals surface area contributed by atoms with Crippen LogP contribution < -0.4 is 5.32 Å². The third kappa shape index (κ3) is 3.78. The molecule has 20 heavy (non-hydrogen) atoms. The summed E-state index contributed by atoms with van der Waals surface area (Å²) in [6, 6.07) is 10.6. The lowest BCUT2D eigenvalue weighted by atomic mass is 10.0. The van der Waals surface area contributed by atoms with Gasteiger partial charge in [-0.3, -0.25) is 4.98 Å². The van der Waals surface area contributed by atoms with Gasteiger partial charge in [0.15, 0.2) is 0 Å². The van der Waals surface area contributed by atoms with E-state index in [0.29, 0.717) is 6.61 Å². The molecule has 1 N–H and O–H groups in total. The van der Waals surface area contributed by atoms with Crippen LogP contribution in [0.5, 0.6) is 0 Å². The van der Waals surface area contributed by atoms with Crippen molar-refractivity contribution in [1.82, 2.24) is 10.3 Å². The van der Waals surface area contributed by atoms with Crippen LogP contribution >= 0.6 is 0 Å². The Labute approximate surface area is 121 Å². The highest BCUT2D eigenvalue weighted by atomic mass is 16.5. The number of fused-ring (bicyclic) bond motifs is 1. The molecule has 0 saturated carbocycles. The Bertz CT molecular complexity index is 522. The zero-order valence-corrected chi connectivity index (χ0v) is 12.4. The molecule has 0 bridgehead atoms. The summed E-state index contributed by atoms with van der Waals surface area (Å²) in [5, 5.41) is 4.80. The summed E-state index contributed by atoms with van der Waals surface area (Å²) in [4.78, 5) is 4.43. The van der Waals surface area contributed by atoms with Crippen LogP contribution in [0.15, 0.2) is 36.5 Å². The quantitative estimate of drug-likeness (QED) is 0.744. The molecule has 1 unspecified atom stereocenters. The Hall–Kier alpha value is -1.45. The lowest BCUT2D eigenvalue weighted by Gasteiger charge is -2.20. The third-order valence-corrected chi connectivity index (χ3v) is 3.33. The van der Waals surface area contributed by atoms with Crippen molar-refractivity contribution in [1.29, 1.82) is 0 Å². The Morgan fingerprint density at radius 1 is 1.15 bits per heavy atom. The highest BCUT2D eigenvalue weighted by Crippen LogP contribution is 2.23. The van der Waals surface area contributed by atoms with Crippen molar-refractivity contribution in [2.24, 2.45) is 0 Å². The van der Waals surface area contributed by atoms with Gasteiger partial charge in [0.05, 0.1) is 18.2 Å². The van der Waals surface area contributed by atoms with Crippen LogP contribution in [0.2, 0.25) is 0 Å². The topological polar surface area (TPSA) is 34.1 Å². The standard InChI is InChI=1S/C17H24N2O/c1-3-10-18-17(13-20-12-4-2)15-9-11-19-16-8-6-5-7-14(15)16/h5-9,11,17-18H,3-4,10,12-13H2,1-2H3. The minimum atomic E-state index is 0.231. The van der Waals surface area contributed by atoms with Gasteiger partial charge in [-0.25, -0.2) is 0 Å². The average molecular weight is 272 g/mol. The van der Waals surface area contributed by atoms with Crippen LogP contribution in [0.3, 0.4) is 0 Å². The number of nitrogens with zero attached hydrogens (tertiary/aromatic N) is 1. The first-order valence-electron chi connectivity index (χ1n) is 7.51. The number of ether oxygens (including phenoxy) is 1. The maximum Gasteiger partial charge on any atom is 0.0705 e. The summed E-state index contributed by atoms with van der Waals surface area (Å²) in [5.74, 6) is 0. The van der Waals surface area contributed by atoms with Crippen LogP contribution in [0.25, 0.3) is 10.9 Å². The van der Waals surface area contributed by atoms with E-state index in [4.69, 9.17) is 4.74 Å². The average Bonchev–Trinajstić information content (AvgIpc) is 2.50. The molecule has 1 atom stereocenters. The lowest BCUT2D eigenvalue weighted by molar-refractivity contribution is 0.112. The molecule has 2 aromatic rings. The molecule has 3 heteroatoms. The van der Waals surface area contributed by atoms with Gasteiger partial charge in [0, 0.05) is 18.2 Å². The molecule has 0 spiro atoms. The summed E-state index contributed by atoms with van der Waals surface area (Å²) in [6.45, 7) is 6.84. The van der Waals surface area contributed by atoms with Gasteiger partial charge in [0.25, 0.3) is 0 Å². The predicted molar refractivity (Wildman–Crippen MR) is 83.9 cm³/mol. The van der Waals surface area contributed by atoms with Crippen LogP contribution in [-0.2, 0) is 4.74 Å². The Balaban J connectivity index is 2.24. The van der Waals surface area contributed by atoms with Crippen molar-refractivity contribution in [3.63, 3.8) is 0 Å². The molecule has 108 valence electrons. The molecular weight excluding hydrogens is 248 g/mol. The van der Waals surface area contributed by atoms with Gasteiger partial charge < -0.3 is 10.1 Å². The van der Waals surface area contributed by atoms with E-state index >= 15 is 0 Å². The SMILES string of the molecule is CCCNC(COCCC)c1ccnc2ccccc12. The molecule has 0 aliphatic rings. The van der Waals surface area contributed by atoms with Crippen LogP contribution in [0.4, 0.5) is 0 Å². The minimum absolute atomic E-state index is 0.231. The molecule has 0 aliphatic heterocycles. The number of pyridine rings is 1. The highest BCUT2D eigenvalue weighted by Gasteiger charge is 2.14. The number of aromatic nitrogens is 1. The molecule has 1 aromatic carbocycles. The fraction of sp³-hybridized carbons (Fsp3) is 0.471. The second kappa shape index (κ2) is 7.98. The van der Waals surface area contributed by atoms with Gasteiger partial charge in [-0.15, -0.1) is 0 Å². The molecule has 0 fully saturated rings. The summed E-state index contributed by atoms with van der Waals surface area (Å²) in [6.07, 6.45) is 4.06. The van der Waals surface area contributed by atoms with E-state index < -0.39 is 0 Å². The fourth-order valence-corrected chi connectivity index (χ4v) is 2.34. The number of benzene rings is 1.